The summed E-state index contributed by atoms with van der Waals surface area (Å²) in [6.45, 7) is 1.90. The summed E-state index contributed by atoms with van der Waals surface area (Å²) in [5.74, 6) is -0.585. The predicted molar refractivity (Wildman–Crippen MR) is 96.2 cm³/mol. The molecular formula is C17H16I2NO5-. The number of carbonyl (C=O) groups is 2. The molecule has 0 radical (unpaired) electrons. The molecule has 1 saturated heterocycles. The van der Waals surface area contributed by atoms with Crippen LogP contribution in [0.1, 0.15) is 17.3 Å². The van der Waals surface area contributed by atoms with E-state index in [1.807, 2.05) is 6.92 Å². The number of halogens is 2. The van der Waals surface area contributed by atoms with E-state index in [-0.39, 0.29) is 50.5 Å². The number of rotatable bonds is 6. The molecular weight excluding hydrogens is 552 g/mol. The molecule has 2 atom stereocenters. The fourth-order valence-electron chi connectivity index (χ4n) is 2.19. The van der Waals surface area contributed by atoms with Crippen LogP contribution in [0.25, 0.3) is 10.8 Å². The second kappa shape index (κ2) is 7.62. The molecule has 0 aliphatic carbocycles. The maximum atomic E-state index is 12.1. The zero-order valence-electron chi connectivity index (χ0n) is 13.3. The van der Waals surface area contributed by atoms with Crippen molar-refractivity contribution >= 4 is 45.3 Å². The van der Waals surface area contributed by atoms with Crippen molar-refractivity contribution in [3.63, 3.8) is 0 Å². The van der Waals surface area contributed by atoms with Crippen LogP contribution in [0.5, 0.6) is 5.75 Å². The van der Waals surface area contributed by atoms with Gasteiger partial charge in [-0.25, -0.2) is 0 Å². The molecule has 0 saturated carbocycles. The van der Waals surface area contributed by atoms with E-state index in [1.165, 1.54) is 0 Å². The monoisotopic (exact) mass is 568 g/mol. The summed E-state index contributed by atoms with van der Waals surface area (Å²) in [7, 11) is 0. The molecule has 1 aliphatic rings. The number of hydrogen-bond donors (Lipinski definition) is 2. The second-order valence-corrected chi connectivity index (χ2v) is 10.4. The Morgan fingerprint density at radius 3 is 2.56 bits per heavy atom. The normalized spacial score (nSPS) is 18.7. The molecule has 3 rings (SSSR count). The van der Waals surface area contributed by atoms with Crippen LogP contribution < -0.4 is 25.0 Å². The fourth-order valence-corrected chi connectivity index (χ4v) is 5.53. The third-order valence-corrected chi connectivity index (χ3v) is 8.45. The summed E-state index contributed by atoms with van der Waals surface area (Å²) in [4.78, 5) is 24.1. The van der Waals surface area contributed by atoms with Crippen molar-refractivity contribution in [3.8, 4) is 5.75 Å². The van der Waals surface area contributed by atoms with Crippen LogP contribution in [0, 0.1) is 0 Å². The molecule has 2 N–H and O–H groups in total. The van der Waals surface area contributed by atoms with E-state index in [2.05, 4.69) is 26.1 Å². The van der Waals surface area contributed by atoms with Crippen LogP contribution in [-0.2, 0) is 14.3 Å². The Bertz CT molecular complexity index is 820. The van der Waals surface area contributed by atoms with E-state index >= 15 is 0 Å². The van der Waals surface area contributed by atoms with Gasteiger partial charge in [-0.05, 0) is 12.1 Å². The summed E-state index contributed by atoms with van der Waals surface area (Å²) < 4.78 is 13.3. The Hall–Kier alpha value is -1.14. The van der Waals surface area contributed by atoms with E-state index in [9.17, 15) is 14.7 Å². The van der Waals surface area contributed by atoms with Crippen LogP contribution in [-0.4, -0.2) is 37.7 Å². The van der Waals surface area contributed by atoms with E-state index < -0.39 is 9.39 Å². The average Bonchev–Trinajstić information content (AvgIpc) is 3.43. The van der Waals surface area contributed by atoms with Crippen LogP contribution >= 0.6 is 22.6 Å². The van der Waals surface area contributed by atoms with E-state index in [0.717, 1.165) is 10.8 Å². The minimum absolute atomic E-state index is 0.0120. The van der Waals surface area contributed by atoms with Gasteiger partial charge in [0, 0.05) is 0 Å². The predicted octanol–water partition coefficient (Wildman–Crippen LogP) is -0.628. The number of aromatic hydroxyl groups is 1. The summed E-state index contributed by atoms with van der Waals surface area (Å²) in [5, 5.41) is 11.1. The van der Waals surface area contributed by atoms with Gasteiger partial charge < -0.3 is 5.11 Å². The van der Waals surface area contributed by atoms with Gasteiger partial charge in [0.15, 0.2) is 0 Å². The Labute approximate surface area is 169 Å². The number of benzene rings is 2. The summed E-state index contributed by atoms with van der Waals surface area (Å²) >= 11 is 2.02. The zero-order valence-corrected chi connectivity index (χ0v) is 17.6. The van der Waals surface area contributed by atoms with Crippen LogP contribution in [0.4, 0.5) is 0 Å². The number of phenolic OH excluding ortho intramolecular Hbond substituents is 1. The number of ether oxygens (including phenoxy) is 2. The second-order valence-electron chi connectivity index (χ2n) is 5.67. The van der Waals surface area contributed by atoms with Gasteiger partial charge in [-0.2, -0.15) is 0 Å². The van der Waals surface area contributed by atoms with Gasteiger partial charge >= 0.3 is 147 Å². The van der Waals surface area contributed by atoms with Crippen LogP contribution in [0.3, 0.4) is 0 Å². The molecule has 0 spiro atoms. The first-order chi connectivity index (χ1) is 11.9. The van der Waals surface area contributed by atoms with Crippen molar-refractivity contribution in [1.29, 1.82) is 0 Å². The molecule has 2 aromatic rings. The van der Waals surface area contributed by atoms with Crippen molar-refractivity contribution in [3.05, 3.63) is 42.0 Å². The Morgan fingerprint density at radius 2 is 1.84 bits per heavy atom. The van der Waals surface area contributed by atoms with E-state index in [0.29, 0.717) is 5.56 Å². The number of esters is 2. The van der Waals surface area contributed by atoms with E-state index in [4.69, 9.17) is 9.47 Å². The van der Waals surface area contributed by atoms with Crippen LogP contribution in [0.2, 0.25) is 0 Å². The fraction of sp³-hybridized carbons (Fsp3) is 0.294. The maximum absolute atomic E-state index is 12.1. The topological polar surface area (TPSA) is 94.8 Å². The SMILES string of the molecule is CC(I)(C(=O)OCCOC(=O)c1ccc2cc(O)ccc2c1)C1N[I-]1. The molecule has 1 aliphatic heterocycles. The Balaban J connectivity index is 1.51. The van der Waals surface area contributed by atoms with Gasteiger partial charge in [0.2, 0.25) is 0 Å². The van der Waals surface area contributed by atoms with Gasteiger partial charge in [-0.3, -0.25) is 0 Å². The third-order valence-electron chi connectivity index (χ3n) is 3.70. The Kier molecular flexibility index (Phi) is 5.68. The van der Waals surface area contributed by atoms with Crippen molar-refractivity contribution in [2.45, 2.75) is 14.4 Å². The number of carbonyl (C=O) groups excluding carboxylic acids is 2. The molecule has 0 aromatic heterocycles. The quantitative estimate of drug-likeness (QED) is 0.0918. The molecule has 25 heavy (non-hydrogen) atoms. The van der Waals surface area contributed by atoms with Crippen molar-refractivity contribution in [2.75, 3.05) is 13.2 Å². The molecule has 1 heterocycles. The zero-order chi connectivity index (χ0) is 18.0. The molecule has 0 amide bonds. The average molecular weight is 568 g/mol. The first-order valence-corrected chi connectivity index (χ1v) is 10.9. The summed E-state index contributed by atoms with van der Waals surface area (Å²) in [6.07, 6.45) is 0. The third kappa shape index (κ3) is 4.53. The molecule has 2 unspecified atom stereocenters. The molecule has 8 heteroatoms. The molecule has 1 fully saturated rings. The van der Waals surface area contributed by atoms with Gasteiger partial charge in [0.05, 0.1) is 0 Å². The van der Waals surface area contributed by atoms with Crippen molar-refractivity contribution < 1.29 is 45.6 Å². The number of hydrogen-bond acceptors (Lipinski definition) is 6. The van der Waals surface area contributed by atoms with Gasteiger partial charge in [-0.1, -0.05) is 0 Å². The molecule has 134 valence electrons. The Morgan fingerprint density at radius 1 is 1.20 bits per heavy atom. The van der Waals surface area contributed by atoms with Crippen molar-refractivity contribution in [2.24, 2.45) is 0 Å². The van der Waals surface area contributed by atoms with Gasteiger partial charge in [0.25, 0.3) is 0 Å². The minimum atomic E-state index is -0.557. The standard InChI is InChI=1S/C17H16I2NO5/c1-17(18,15-19-20-15)16(23)25-7-6-24-14(22)12-3-2-11-9-13(21)5-4-10(11)8-12/h2-5,8-9,15,20-21H,6-7H2,1H3/q-1. The molecule has 0 bridgehead atoms. The number of phenols is 1. The van der Waals surface area contributed by atoms with Crippen molar-refractivity contribution in [1.82, 2.24) is 3.53 Å². The number of fused-ring (bicyclic) bond motifs is 1. The molecule has 2 aromatic carbocycles. The number of alkyl halides is 2. The first kappa shape index (κ1) is 18.6. The summed E-state index contributed by atoms with van der Waals surface area (Å²) in [6, 6.07) is 10.0. The van der Waals surface area contributed by atoms with E-state index in [1.54, 1.807) is 36.4 Å². The van der Waals surface area contributed by atoms with Gasteiger partial charge in [-0.15, -0.1) is 0 Å². The molecule has 6 nitrogen and oxygen atoms in total. The summed E-state index contributed by atoms with van der Waals surface area (Å²) in [5.41, 5.74) is 0.412. The van der Waals surface area contributed by atoms with Crippen LogP contribution in [0.15, 0.2) is 36.4 Å². The number of nitrogens with one attached hydrogen (secondary N) is 1. The van der Waals surface area contributed by atoms with Gasteiger partial charge in [0.1, 0.15) is 5.75 Å². The first-order valence-electron chi connectivity index (χ1n) is 7.52.